The summed E-state index contributed by atoms with van der Waals surface area (Å²) >= 11 is 0. The Labute approximate surface area is 116 Å². The van der Waals surface area contributed by atoms with E-state index in [1.165, 1.54) is 19.9 Å². The molecule has 3 N–H and O–H groups in total. The molecule has 0 aliphatic rings. The van der Waals surface area contributed by atoms with Crippen LogP contribution in [0.5, 0.6) is 5.75 Å². The molecule has 0 heterocycles. The van der Waals surface area contributed by atoms with Gasteiger partial charge in [-0.3, -0.25) is 0 Å². The van der Waals surface area contributed by atoms with Crippen LogP contribution in [0.1, 0.15) is 24.1 Å². The first-order valence-corrected chi connectivity index (χ1v) is 5.44. The molecule has 1 unspecified atom stereocenters. The molecule has 0 amide bonds. The highest BCUT2D eigenvalue weighted by Gasteiger charge is 2.32. The van der Waals surface area contributed by atoms with Gasteiger partial charge in [-0.1, -0.05) is 6.07 Å². The van der Waals surface area contributed by atoms with Crippen LogP contribution in [0.15, 0.2) is 12.1 Å². The standard InChI is InChI=1S/C12H15F2NO3.ClH/c1-3-18-12(17)9(14)10(15)8-7(13)5-4-6(2)11(8)16;/h4-5,9-10,16H,3,15H2,1-2H3;1H/t9?,10-;/m1./s1. The van der Waals surface area contributed by atoms with Crippen molar-refractivity contribution >= 4 is 18.4 Å². The first kappa shape index (κ1) is 17.6. The summed E-state index contributed by atoms with van der Waals surface area (Å²) in [6.45, 7) is 3.03. The van der Waals surface area contributed by atoms with Crippen LogP contribution in [0.4, 0.5) is 8.78 Å². The van der Waals surface area contributed by atoms with Gasteiger partial charge >= 0.3 is 5.97 Å². The zero-order valence-corrected chi connectivity index (χ0v) is 11.3. The highest BCUT2D eigenvalue weighted by molar-refractivity contribution is 5.85. The zero-order valence-electron chi connectivity index (χ0n) is 10.5. The fraction of sp³-hybridized carbons (Fsp3) is 0.417. The van der Waals surface area contributed by atoms with E-state index in [1.54, 1.807) is 0 Å². The molecule has 0 spiro atoms. The number of phenols is 1. The zero-order chi connectivity index (χ0) is 13.9. The molecule has 0 saturated carbocycles. The quantitative estimate of drug-likeness (QED) is 0.835. The predicted octanol–water partition coefficient (Wildman–Crippen LogP) is 2.16. The number of halogens is 3. The predicted molar refractivity (Wildman–Crippen MR) is 68.5 cm³/mol. The average Bonchev–Trinajstić information content (AvgIpc) is 2.33. The molecule has 0 fully saturated rings. The van der Waals surface area contributed by atoms with Crippen molar-refractivity contribution in [2.45, 2.75) is 26.1 Å². The van der Waals surface area contributed by atoms with Gasteiger partial charge in [0.05, 0.1) is 18.2 Å². The molecule has 7 heteroatoms. The lowest BCUT2D eigenvalue weighted by Crippen LogP contribution is -2.32. The van der Waals surface area contributed by atoms with Gasteiger partial charge in [0.25, 0.3) is 0 Å². The molecule has 2 atom stereocenters. The number of phenolic OH excluding ortho intramolecular Hbond substituents is 1. The van der Waals surface area contributed by atoms with Gasteiger partial charge in [0, 0.05) is 0 Å². The van der Waals surface area contributed by atoms with E-state index in [2.05, 4.69) is 4.74 Å². The van der Waals surface area contributed by atoms with Gasteiger partial charge in [-0.05, 0) is 25.5 Å². The van der Waals surface area contributed by atoms with Crippen molar-refractivity contribution in [2.24, 2.45) is 5.73 Å². The number of hydrogen-bond donors (Lipinski definition) is 2. The first-order valence-electron chi connectivity index (χ1n) is 5.44. The number of ether oxygens (including phenoxy) is 1. The maximum absolute atomic E-state index is 13.7. The lowest BCUT2D eigenvalue weighted by atomic mass is 9.99. The summed E-state index contributed by atoms with van der Waals surface area (Å²) in [6, 6.07) is 0.782. The van der Waals surface area contributed by atoms with E-state index in [1.807, 2.05) is 0 Å². The van der Waals surface area contributed by atoms with Gasteiger partial charge < -0.3 is 15.6 Å². The van der Waals surface area contributed by atoms with Gasteiger partial charge in [0.15, 0.2) is 0 Å². The Morgan fingerprint density at radius 3 is 2.63 bits per heavy atom. The second-order valence-electron chi connectivity index (χ2n) is 3.81. The third kappa shape index (κ3) is 3.78. The lowest BCUT2D eigenvalue weighted by Gasteiger charge is -2.18. The fourth-order valence-electron chi connectivity index (χ4n) is 1.52. The molecule has 0 radical (unpaired) electrons. The van der Waals surface area contributed by atoms with Gasteiger partial charge in [-0.15, -0.1) is 12.4 Å². The SMILES string of the molecule is CCOC(=O)C(F)[C@H](N)c1c(F)ccc(C)c1O.Cl. The summed E-state index contributed by atoms with van der Waals surface area (Å²) in [4.78, 5) is 11.2. The molecule has 0 saturated heterocycles. The molecule has 0 aromatic heterocycles. The van der Waals surface area contributed by atoms with E-state index >= 15 is 0 Å². The van der Waals surface area contributed by atoms with E-state index in [0.29, 0.717) is 5.56 Å². The Morgan fingerprint density at radius 1 is 1.53 bits per heavy atom. The van der Waals surface area contributed by atoms with Gasteiger partial charge in [0.1, 0.15) is 11.6 Å². The molecule has 0 aliphatic carbocycles. The van der Waals surface area contributed by atoms with Crippen LogP contribution < -0.4 is 5.73 Å². The molecule has 108 valence electrons. The summed E-state index contributed by atoms with van der Waals surface area (Å²) in [6.07, 6.45) is -2.23. The minimum absolute atomic E-state index is 0. The monoisotopic (exact) mass is 295 g/mol. The highest BCUT2D eigenvalue weighted by atomic mass is 35.5. The summed E-state index contributed by atoms with van der Waals surface area (Å²) in [5.74, 6) is -2.49. The summed E-state index contributed by atoms with van der Waals surface area (Å²) in [5.41, 5.74) is 5.39. The van der Waals surface area contributed by atoms with Crippen molar-refractivity contribution in [3.05, 3.63) is 29.1 Å². The van der Waals surface area contributed by atoms with Crippen LogP contribution in [0, 0.1) is 12.7 Å². The third-order valence-electron chi connectivity index (χ3n) is 2.53. The van der Waals surface area contributed by atoms with Crippen molar-refractivity contribution < 1.29 is 23.4 Å². The number of rotatable bonds is 4. The van der Waals surface area contributed by atoms with Crippen molar-refractivity contribution in [3.63, 3.8) is 0 Å². The molecule has 0 aliphatic heterocycles. The van der Waals surface area contributed by atoms with Crippen LogP contribution in [-0.4, -0.2) is 23.9 Å². The van der Waals surface area contributed by atoms with E-state index in [-0.39, 0.29) is 19.0 Å². The number of esters is 1. The maximum Gasteiger partial charge on any atom is 0.342 e. The number of carbonyl (C=O) groups excluding carboxylic acids is 1. The molecule has 0 bridgehead atoms. The Hall–Kier alpha value is -1.40. The van der Waals surface area contributed by atoms with Crippen LogP contribution in [0.2, 0.25) is 0 Å². The number of hydrogen-bond acceptors (Lipinski definition) is 4. The number of nitrogens with two attached hydrogens (primary N) is 1. The molecule has 1 rings (SSSR count). The van der Waals surface area contributed by atoms with Crippen molar-refractivity contribution in [1.29, 1.82) is 0 Å². The third-order valence-corrected chi connectivity index (χ3v) is 2.53. The Kier molecular flexibility index (Phi) is 6.72. The Morgan fingerprint density at radius 2 is 2.11 bits per heavy atom. The Balaban J connectivity index is 0.00000324. The van der Waals surface area contributed by atoms with E-state index in [4.69, 9.17) is 5.73 Å². The number of benzene rings is 1. The summed E-state index contributed by atoms with van der Waals surface area (Å²) in [5, 5.41) is 9.67. The Bertz CT molecular complexity index is 457. The first-order chi connectivity index (χ1) is 8.40. The van der Waals surface area contributed by atoms with Crippen molar-refractivity contribution in [3.8, 4) is 5.75 Å². The van der Waals surface area contributed by atoms with Crippen LogP contribution in [0.3, 0.4) is 0 Å². The number of alkyl halides is 1. The average molecular weight is 296 g/mol. The van der Waals surface area contributed by atoms with E-state index in [9.17, 15) is 18.7 Å². The minimum atomic E-state index is -2.23. The summed E-state index contributed by atoms with van der Waals surface area (Å²) < 4.78 is 31.7. The molecular weight excluding hydrogens is 280 g/mol. The van der Waals surface area contributed by atoms with Crippen LogP contribution >= 0.6 is 12.4 Å². The lowest BCUT2D eigenvalue weighted by molar-refractivity contribution is -0.150. The second kappa shape index (κ2) is 7.25. The van der Waals surface area contributed by atoms with Crippen molar-refractivity contribution in [2.75, 3.05) is 6.61 Å². The van der Waals surface area contributed by atoms with Gasteiger partial charge in [-0.2, -0.15) is 0 Å². The molecule has 4 nitrogen and oxygen atoms in total. The second-order valence-corrected chi connectivity index (χ2v) is 3.81. The van der Waals surface area contributed by atoms with Gasteiger partial charge in [-0.25, -0.2) is 13.6 Å². The minimum Gasteiger partial charge on any atom is -0.507 e. The maximum atomic E-state index is 13.7. The van der Waals surface area contributed by atoms with Crippen LogP contribution in [0.25, 0.3) is 0 Å². The van der Waals surface area contributed by atoms with E-state index < -0.39 is 35.3 Å². The molecular formula is C12H16ClF2NO3. The van der Waals surface area contributed by atoms with Crippen molar-refractivity contribution in [1.82, 2.24) is 0 Å². The summed E-state index contributed by atoms with van der Waals surface area (Å²) in [7, 11) is 0. The molecule has 19 heavy (non-hydrogen) atoms. The highest BCUT2D eigenvalue weighted by Crippen LogP contribution is 2.31. The molecule has 1 aromatic rings. The largest absolute Gasteiger partial charge is 0.507 e. The van der Waals surface area contributed by atoms with Gasteiger partial charge in [0.2, 0.25) is 6.17 Å². The van der Waals surface area contributed by atoms with Crippen LogP contribution in [-0.2, 0) is 9.53 Å². The molecule has 1 aromatic carbocycles. The topological polar surface area (TPSA) is 72.5 Å². The number of aromatic hydroxyl groups is 1. The fourth-order valence-corrected chi connectivity index (χ4v) is 1.52. The smallest absolute Gasteiger partial charge is 0.342 e. The van der Waals surface area contributed by atoms with E-state index in [0.717, 1.165) is 6.07 Å². The number of aryl methyl sites for hydroxylation is 1. The normalized spacial score (nSPS) is 13.3. The number of carbonyl (C=O) groups is 1.